The van der Waals surface area contributed by atoms with E-state index in [-0.39, 0.29) is 22.4 Å². The van der Waals surface area contributed by atoms with E-state index in [1.165, 1.54) is 33.4 Å². The molecule has 176 valence electrons. The van der Waals surface area contributed by atoms with Crippen LogP contribution in [0.4, 0.5) is 17.3 Å². The van der Waals surface area contributed by atoms with Gasteiger partial charge in [0.15, 0.2) is 16.7 Å². The Morgan fingerprint density at radius 3 is 2.06 bits per heavy atom. The summed E-state index contributed by atoms with van der Waals surface area (Å²) in [5.74, 6) is -0.155. The smallest absolute Gasteiger partial charge is 0.352 e. The van der Waals surface area contributed by atoms with Crippen molar-refractivity contribution in [2.75, 3.05) is 24.3 Å². The van der Waals surface area contributed by atoms with Gasteiger partial charge >= 0.3 is 5.97 Å². The lowest BCUT2D eigenvalue weighted by atomic mass is 10.2. The maximum Gasteiger partial charge on any atom is 0.352 e. The van der Waals surface area contributed by atoms with E-state index in [1.54, 1.807) is 42.5 Å². The van der Waals surface area contributed by atoms with E-state index in [0.29, 0.717) is 28.2 Å². The molecule has 4 aromatic rings. The molecule has 0 aliphatic carbocycles. The highest BCUT2D eigenvalue weighted by atomic mass is 32.2. The van der Waals surface area contributed by atoms with Crippen molar-refractivity contribution in [2.45, 2.75) is 5.03 Å². The molecule has 0 aliphatic rings. The molecule has 2 aromatic heterocycles. The second kappa shape index (κ2) is 8.90. The van der Waals surface area contributed by atoms with Crippen LogP contribution >= 0.6 is 0 Å². The number of aromatic nitrogens is 3. The Labute approximate surface area is 195 Å². The fraction of sp³-hybridized carbons (Fsp3) is 0.136. The average Bonchev–Trinajstić information content (AvgIpc) is 3.21. The molecule has 0 saturated carbocycles. The number of fused-ring (bicyclic) bond motifs is 1. The fourth-order valence-corrected chi connectivity index (χ4v) is 4.54. The highest BCUT2D eigenvalue weighted by Crippen LogP contribution is 2.31. The number of carboxylic acid groups (broad SMARTS) is 1. The highest BCUT2D eigenvalue weighted by Gasteiger charge is 2.24. The Hall–Kier alpha value is -4.32. The second-order valence-electron chi connectivity index (χ2n) is 7.16. The molecule has 0 spiro atoms. The van der Waals surface area contributed by atoms with Crippen molar-refractivity contribution in [2.24, 2.45) is 7.05 Å². The number of sulfonamides is 1. The van der Waals surface area contributed by atoms with Gasteiger partial charge in [-0.25, -0.2) is 14.8 Å². The number of rotatable bonds is 8. The lowest BCUT2D eigenvalue weighted by Crippen LogP contribution is -2.19. The van der Waals surface area contributed by atoms with Gasteiger partial charge in [0.05, 0.1) is 25.3 Å². The van der Waals surface area contributed by atoms with Crippen LogP contribution < -0.4 is 19.5 Å². The van der Waals surface area contributed by atoms with E-state index in [1.807, 2.05) is 0 Å². The number of aromatic carboxylic acids is 1. The molecule has 0 radical (unpaired) electrons. The number of nitrogens with one attached hydrogen (secondary N) is 2. The SMILES string of the molecule is COc1cc(Nc2nc3ccccc3nc2NS(=O)(=O)c2ccc(C(=O)O)n2C)cc(OC)c1. The standard InChI is InChI=1S/C22H21N5O6S/c1-27-18(22(28)29)8-9-19(27)34(30,31)26-21-20(24-16-6-4-5-7-17(16)25-21)23-13-10-14(32-2)12-15(11-13)33-3/h4-12H,1-3H3,(H,23,24)(H,25,26)(H,28,29). The Bertz CT molecular complexity index is 1480. The van der Waals surface area contributed by atoms with Gasteiger partial charge in [-0.1, -0.05) is 12.1 Å². The average molecular weight is 484 g/mol. The van der Waals surface area contributed by atoms with Crippen molar-refractivity contribution in [1.29, 1.82) is 0 Å². The highest BCUT2D eigenvalue weighted by molar-refractivity contribution is 7.92. The van der Waals surface area contributed by atoms with E-state index in [0.717, 1.165) is 4.57 Å². The molecule has 34 heavy (non-hydrogen) atoms. The number of hydrogen-bond donors (Lipinski definition) is 3. The lowest BCUT2D eigenvalue weighted by molar-refractivity contribution is 0.0685. The summed E-state index contributed by atoms with van der Waals surface area (Å²) in [7, 11) is 0.171. The fourth-order valence-electron chi connectivity index (χ4n) is 3.33. The largest absolute Gasteiger partial charge is 0.497 e. The monoisotopic (exact) mass is 483 g/mol. The van der Waals surface area contributed by atoms with Crippen molar-refractivity contribution in [3.05, 3.63) is 60.3 Å². The maximum atomic E-state index is 13.1. The van der Waals surface area contributed by atoms with Crippen LogP contribution in [0, 0.1) is 0 Å². The zero-order valence-corrected chi connectivity index (χ0v) is 19.3. The summed E-state index contributed by atoms with van der Waals surface area (Å²) in [6.07, 6.45) is 0. The molecular weight excluding hydrogens is 462 g/mol. The van der Waals surface area contributed by atoms with E-state index >= 15 is 0 Å². The minimum atomic E-state index is -4.21. The molecule has 3 N–H and O–H groups in total. The number of carboxylic acids is 1. The third-order valence-corrected chi connectivity index (χ3v) is 6.41. The number of methoxy groups -OCH3 is 2. The van der Waals surface area contributed by atoms with Crippen LogP contribution in [0.25, 0.3) is 11.0 Å². The van der Waals surface area contributed by atoms with Crippen molar-refractivity contribution in [3.8, 4) is 11.5 Å². The van der Waals surface area contributed by atoms with Crippen LogP contribution in [0.2, 0.25) is 0 Å². The minimum absolute atomic E-state index is 0.0708. The predicted molar refractivity (Wildman–Crippen MR) is 126 cm³/mol. The lowest BCUT2D eigenvalue weighted by Gasteiger charge is -2.15. The first kappa shape index (κ1) is 22.9. The molecule has 0 fully saturated rings. The third kappa shape index (κ3) is 4.43. The van der Waals surface area contributed by atoms with Crippen molar-refractivity contribution >= 4 is 44.3 Å². The van der Waals surface area contributed by atoms with Crippen LogP contribution in [0.3, 0.4) is 0 Å². The van der Waals surface area contributed by atoms with E-state index < -0.39 is 16.0 Å². The first-order valence-electron chi connectivity index (χ1n) is 9.90. The summed E-state index contributed by atoms with van der Waals surface area (Å²) in [5.41, 5.74) is 1.35. The third-order valence-electron chi connectivity index (χ3n) is 4.99. The zero-order valence-electron chi connectivity index (χ0n) is 18.4. The quantitative estimate of drug-likeness (QED) is 0.344. The van der Waals surface area contributed by atoms with E-state index in [9.17, 15) is 18.3 Å². The first-order chi connectivity index (χ1) is 16.2. The van der Waals surface area contributed by atoms with Crippen LogP contribution in [0.1, 0.15) is 10.5 Å². The Morgan fingerprint density at radius 2 is 1.53 bits per heavy atom. The Balaban J connectivity index is 1.80. The predicted octanol–water partition coefficient (Wildman–Crippen LogP) is 3.23. The number of para-hydroxylation sites is 2. The second-order valence-corrected chi connectivity index (χ2v) is 8.79. The molecular formula is C22H21N5O6S. The molecule has 0 amide bonds. The van der Waals surface area contributed by atoms with Gasteiger partial charge < -0.3 is 24.5 Å². The van der Waals surface area contributed by atoms with Crippen molar-refractivity contribution in [1.82, 2.24) is 14.5 Å². The van der Waals surface area contributed by atoms with Crippen molar-refractivity contribution in [3.63, 3.8) is 0 Å². The molecule has 0 unspecified atom stereocenters. The topological polar surface area (TPSA) is 145 Å². The van der Waals surface area contributed by atoms with Crippen LogP contribution in [0.15, 0.2) is 59.6 Å². The molecule has 12 heteroatoms. The summed E-state index contributed by atoms with van der Waals surface area (Å²) in [6.45, 7) is 0. The molecule has 11 nitrogen and oxygen atoms in total. The van der Waals surface area contributed by atoms with E-state index in [4.69, 9.17) is 9.47 Å². The molecule has 2 aromatic carbocycles. The number of hydrogen-bond acceptors (Lipinski definition) is 8. The summed E-state index contributed by atoms with van der Waals surface area (Å²) in [4.78, 5) is 20.3. The number of anilines is 3. The van der Waals surface area contributed by atoms with Crippen LogP contribution in [-0.4, -0.2) is 48.2 Å². The Kier molecular flexibility index (Phi) is 5.99. The van der Waals surface area contributed by atoms with Crippen molar-refractivity contribution < 1.29 is 27.8 Å². The van der Waals surface area contributed by atoms with Crippen LogP contribution in [0.5, 0.6) is 11.5 Å². The number of nitrogens with zero attached hydrogens (tertiary/aromatic N) is 3. The number of benzene rings is 2. The molecule has 2 heterocycles. The van der Waals surface area contributed by atoms with Crippen LogP contribution in [-0.2, 0) is 17.1 Å². The summed E-state index contributed by atoms with van der Waals surface area (Å²) < 4.78 is 40.4. The van der Waals surface area contributed by atoms with Gasteiger partial charge in [-0.3, -0.25) is 4.72 Å². The van der Waals surface area contributed by atoms with Gasteiger partial charge in [0.1, 0.15) is 17.2 Å². The normalized spacial score (nSPS) is 11.3. The van der Waals surface area contributed by atoms with Gasteiger partial charge in [-0.15, -0.1) is 0 Å². The number of carbonyl (C=O) groups is 1. The summed E-state index contributed by atoms with van der Waals surface area (Å²) >= 11 is 0. The molecule has 0 bridgehead atoms. The minimum Gasteiger partial charge on any atom is -0.497 e. The van der Waals surface area contributed by atoms with Gasteiger partial charge in [0.25, 0.3) is 10.0 Å². The van der Waals surface area contributed by atoms with Gasteiger partial charge in [0.2, 0.25) is 0 Å². The molecule has 0 aliphatic heterocycles. The maximum absolute atomic E-state index is 13.1. The summed E-state index contributed by atoms with van der Waals surface area (Å²) in [5, 5.41) is 12.1. The van der Waals surface area contributed by atoms with E-state index in [2.05, 4.69) is 20.0 Å². The Morgan fingerprint density at radius 1 is 0.941 bits per heavy atom. The van der Waals surface area contributed by atoms with Gasteiger partial charge in [-0.05, 0) is 24.3 Å². The number of ether oxygens (including phenoxy) is 2. The molecule has 0 saturated heterocycles. The summed E-state index contributed by atoms with van der Waals surface area (Å²) in [6, 6.07) is 14.5. The van der Waals surface area contributed by atoms with Gasteiger partial charge in [0, 0.05) is 30.9 Å². The molecule has 4 rings (SSSR count). The zero-order chi connectivity index (χ0) is 24.5. The van der Waals surface area contributed by atoms with Gasteiger partial charge in [-0.2, -0.15) is 8.42 Å². The molecule has 0 atom stereocenters. The first-order valence-corrected chi connectivity index (χ1v) is 11.4.